The Morgan fingerprint density at radius 1 is 1.03 bits per heavy atom. The quantitative estimate of drug-likeness (QED) is 0.523. The number of hydrogen-bond donors (Lipinski definition) is 4. The average molecular weight is 441 g/mol. The molecule has 0 bridgehead atoms. The van der Waals surface area contributed by atoms with Crippen LogP contribution in [0, 0.1) is 0 Å². The van der Waals surface area contributed by atoms with Crippen LogP contribution in [-0.4, -0.2) is 48.7 Å². The first-order chi connectivity index (χ1) is 15.6. The van der Waals surface area contributed by atoms with Crippen molar-refractivity contribution in [2.45, 2.75) is 44.1 Å². The van der Waals surface area contributed by atoms with E-state index in [-0.39, 0.29) is 37.9 Å². The molecular weight excluding hydrogens is 414 g/mol. The van der Waals surface area contributed by atoms with Crippen LogP contribution < -0.4 is 25.4 Å². The van der Waals surface area contributed by atoms with Gasteiger partial charge in [-0.3, -0.25) is 4.79 Å². The summed E-state index contributed by atoms with van der Waals surface area (Å²) < 4.78 is 16.5. The molecule has 1 fully saturated rings. The number of rotatable bonds is 7. The lowest BCUT2D eigenvalue weighted by atomic mass is 9.97. The van der Waals surface area contributed by atoms with E-state index in [0.29, 0.717) is 36.6 Å². The average Bonchev–Trinajstić information content (AvgIpc) is 3.27. The third-order valence-electron chi connectivity index (χ3n) is 5.49. The van der Waals surface area contributed by atoms with Gasteiger partial charge in [0.1, 0.15) is 6.10 Å². The summed E-state index contributed by atoms with van der Waals surface area (Å²) in [5, 5.41) is 18.2. The fourth-order valence-electron chi connectivity index (χ4n) is 3.83. The molecule has 0 radical (unpaired) electrons. The summed E-state index contributed by atoms with van der Waals surface area (Å²) >= 11 is 0. The third-order valence-corrected chi connectivity index (χ3v) is 5.49. The van der Waals surface area contributed by atoms with Crippen LogP contribution in [0.3, 0.4) is 0 Å². The molecule has 3 atom stereocenters. The highest BCUT2D eigenvalue weighted by atomic mass is 16.7. The number of fused-ring (bicyclic) bond motifs is 1. The smallest absolute Gasteiger partial charge is 0.319 e. The molecule has 1 saturated heterocycles. The first kappa shape index (κ1) is 21.9. The fraction of sp³-hybridized carbons (Fsp3) is 0.391. The molecule has 2 aliphatic heterocycles. The van der Waals surface area contributed by atoms with E-state index in [1.165, 1.54) is 0 Å². The van der Waals surface area contributed by atoms with Gasteiger partial charge in [-0.2, -0.15) is 0 Å². The van der Waals surface area contributed by atoms with Crippen molar-refractivity contribution in [3.05, 3.63) is 54.1 Å². The number of urea groups is 1. The predicted molar refractivity (Wildman–Crippen MR) is 116 cm³/mol. The first-order valence-corrected chi connectivity index (χ1v) is 10.6. The number of hydrogen-bond acceptors (Lipinski definition) is 6. The number of carbonyl (C=O) groups is 2. The van der Waals surface area contributed by atoms with Crippen molar-refractivity contribution in [2.24, 2.45) is 0 Å². The lowest BCUT2D eigenvalue weighted by molar-refractivity contribution is -0.130. The second kappa shape index (κ2) is 10.3. The second-order valence-electron chi connectivity index (χ2n) is 7.80. The van der Waals surface area contributed by atoms with E-state index in [9.17, 15) is 14.7 Å². The summed E-state index contributed by atoms with van der Waals surface area (Å²) in [7, 11) is 0. The molecule has 0 saturated carbocycles. The minimum atomic E-state index is -0.585. The van der Waals surface area contributed by atoms with Gasteiger partial charge >= 0.3 is 6.03 Å². The Kier molecular flexibility index (Phi) is 7.08. The van der Waals surface area contributed by atoms with Crippen LogP contribution in [0.25, 0.3) is 0 Å². The Morgan fingerprint density at radius 2 is 1.84 bits per heavy atom. The summed E-state index contributed by atoms with van der Waals surface area (Å²) in [6, 6.07) is 14.0. The standard InChI is InChI=1S/C23H27N3O6/c27-13-21-18(26-23(29)25-16-6-9-19-20(10-16)31-14-30-19)8-7-17(32-21)11-22(28)24-12-15-4-2-1-3-5-15/h1-6,9-10,17-18,21,27H,7-8,11-14H2,(H,24,28)(H2,25,26,29)/t17-,18+,21-/m0/s1. The highest BCUT2D eigenvalue weighted by molar-refractivity contribution is 5.90. The summed E-state index contributed by atoms with van der Waals surface area (Å²) in [5.41, 5.74) is 1.59. The molecule has 2 aromatic carbocycles. The topological polar surface area (TPSA) is 118 Å². The second-order valence-corrected chi connectivity index (χ2v) is 7.80. The highest BCUT2D eigenvalue weighted by Gasteiger charge is 2.33. The largest absolute Gasteiger partial charge is 0.454 e. The van der Waals surface area contributed by atoms with E-state index in [0.717, 1.165) is 5.56 Å². The van der Waals surface area contributed by atoms with Gasteiger partial charge in [-0.25, -0.2) is 4.79 Å². The van der Waals surface area contributed by atoms with Crippen molar-refractivity contribution < 1.29 is 28.9 Å². The number of amides is 3. The van der Waals surface area contributed by atoms with Gasteiger partial charge in [0, 0.05) is 18.3 Å². The normalized spacial score (nSPS) is 21.6. The number of nitrogens with one attached hydrogen (secondary N) is 3. The van der Waals surface area contributed by atoms with Gasteiger partial charge in [0.15, 0.2) is 11.5 Å². The molecule has 170 valence electrons. The number of aliphatic hydroxyl groups excluding tert-OH is 1. The van der Waals surface area contributed by atoms with E-state index < -0.39 is 12.1 Å². The lowest BCUT2D eigenvalue weighted by Crippen LogP contribution is -2.52. The minimum Gasteiger partial charge on any atom is -0.454 e. The van der Waals surface area contributed by atoms with Crippen molar-refractivity contribution >= 4 is 17.6 Å². The van der Waals surface area contributed by atoms with Gasteiger partial charge in [-0.05, 0) is 30.5 Å². The predicted octanol–water partition coefficient (Wildman–Crippen LogP) is 2.15. The van der Waals surface area contributed by atoms with Crippen LogP contribution in [0.2, 0.25) is 0 Å². The Hall–Kier alpha value is -3.30. The van der Waals surface area contributed by atoms with Gasteiger partial charge in [-0.1, -0.05) is 30.3 Å². The zero-order valence-corrected chi connectivity index (χ0v) is 17.6. The number of aliphatic hydroxyl groups is 1. The Labute approximate surface area is 186 Å². The van der Waals surface area contributed by atoms with Crippen LogP contribution in [0.4, 0.5) is 10.5 Å². The van der Waals surface area contributed by atoms with Gasteiger partial charge in [0.2, 0.25) is 12.7 Å². The van der Waals surface area contributed by atoms with E-state index in [2.05, 4.69) is 16.0 Å². The van der Waals surface area contributed by atoms with Gasteiger partial charge in [-0.15, -0.1) is 0 Å². The third kappa shape index (κ3) is 5.68. The molecular formula is C23H27N3O6. The molecule has 9 heteroatoms. The number of anilines is 1. The Balaban J connectivity index is 1.23. The van der Waals surface area contributed by atoms with Crippen molar-refractivity contribution in [2.75, 3.05) is 18.7 Å². The number of ether oxygens (including phenoxy) is 3. The molecule has 9 nitrogen and oxygen atoms in total. The maximum absolute atomic E-state index is 12.4. The van der Waals surface area contributed by atoms with Crippen LogP contribution in [0.15, 0.2) is 48.5 Å². The van der Waals surface area contributed by atoms with E-state index in [1.54, 1.807) is 18.2 Å². The molecule has 32 heavy (non-hydrogen) atoms. The van der Waals surface area contributed by atoms with Gasteiger partial charge in [0.05, 0.1) is 25.2 Å². The maximum Gasteiger partial charge on any atom is 0.319 e. The van der Waals surface area contributed by atoms with Crippen molar-refractivity contribution in [3.8, 4) is 11.5 Å². The highest BCUT2D eigenvalue weighted by Crippen LogP contribution is 2.34. The summed E-state index contributed by atoms with van der Waals surface area (Å²) in [6.45, 7) is 0.366. The molecule has 4 rings (SSSR count). The minimum absolute atomic E-state index is 0.109. The molecule has 0 unspecified atom stereocenters. The molecule has 3 amide bonds. The first-order valence-electron chi connectivity index (χ1n) is 10.6. The molecule has 2 aromatic rings. The Morgan fingerprint density at radius 3 is 2.66 bits per heavy atom. The van der Waals surface area contributed by atoms with Gasteiger partial charge < -0.3 is 35.3 Å². The van der Waals surface area contributed by atoms with Crippen molar-refractivity contribution in [1.29, 1.82) is 0 Å². The molecule has 2 aliphatic rings. The fourth-order valence-corrected chi connectivity index (χ4v) is 3.83. The van der Waals surface area contributed by atoms with Crippen LogP contribution in [-0.2, 0) is 16.1 Å². The number of benzene rings is 2. The maximum atomic E-state index is 12.4. The zero-order chi connectivity index (χ0) is 22.3. The summed E-state index contributed by atoms with van der Waals surface area (Å²) in [4.78, 5) is 24.7. The molecule has 0 aliphatic carbocycles. The van der Waals surface area contributed by atoms with Crippen LogP contribution >= 0.6 is 0 Å². The van der Waals surface area contributed by atoms with Crippen LogP contribution in [0.1, 0.15) is 24.8 Å². The zero-order valence-electron chi connectivity index (χ0n) is 17.6. The van der Waals surface area contributed by atoms with E-state index in [4.69, 9.17) is 14.2 Å². The van der Waals surface area contributed by atoms with Gasteiger partial charge in [0.25, 0.3) is 0 Å². The SMILES string of the molecule is O=C(C[C@@H]1CC[C@@H](NC(=O)Nc2ccc3c(c2)OCO3)[C@H](CO)O1)NCc1ccccc1. The lowest BCUT2D eigenvalue weighted by Gasteiger charge is -2.35. The van der Waals surface area contributed by atoms with Crippen molar-refractivity contribution in [1.82, 2.24) is 10.6 Å². The molecule has 0 aromatic heterocycles. The summed E-state index contributed by atoms with van der Waals surface area (Å²) in [6.07, 6.45) is 0.510. The van der Waals surface area contributed by atoms with Crippen molar-refractivity contribution in [3.63, 3.8) is 0 Å². The van der Waals surface area contributed by atoms with E-state index >= 15 is 0 Å². The molecule has 4 N–H and O–H groups in total. The summed E-state index contributed by atoms with van der Waals surface area (Å²) in [5.74, 6) is 1.10. The molecule has 2 heterocycles. The number of carbonyl (C=O) groups excluding carboxylic acids is 2. The van der Waals surface area contributed by atoms with Crippen LogP contribution in [0.5, 0.6) is 11.5 Å². The van der Waals surface area contributed by atoms with E-state index in [1.807, 2.05) is 30.3 Å². The molecule has 0 spiro atoms. The monoisotopic (exact) mass is 441 g/mol. The Bertz CT molecular complexity index is 939.